The lowest BCUT2D eigenvalue weighted by Gasteiger charge is -2.35. The second-order valence-corrected chi connectivity index (χ2v) is 6.77. The SMILES string of the molecule is COc1ccc(SN2CCN(c3cccc(Cl)c3)CC2)cc1. The lowest BCUT2D eigenvalue weighted by molar-refractivity contribution is 0.414. The van der Waals surface area contributed by atoms with Crippen molar-refractivity contribution in [3.8, 4) is 5.75 Å². The number of nitrogens with zero attached hydrogens (tertiary/aromatic N) is 2. The van der Waals surface area contributed by atoms with Crippen molar-refractivity contribution < 1.29 is 4.74 Å². The number of hydrogen-bond acceptors (Lipinski definition) is 4. The molecule has 0 radical (unpaired) electrons. The van der Waals surface area contributed by atoms with Crippen molar-refractivity contribution in [3.63, 3.8) is 0 Å². The molecule has 0 atom stereocenters. The summed E-state index contributed by atoms with van der Waals surface area (Å²) >= 11 is 7.88. The first-order chi connectivity index (χ1) is 10.7. The van der Waals surface area contributed by atoms with Gasteiger partial charge in [0.25, 0.3) is 0 Å². The van der Waals surface area contributed by atoms with Gasteiger partial charge in [-0.15, -0.1) is 0 Å². The van der Waals surface area contributed by atoms with Crippen molar-refractivity contribution in [2.75, 3.05) is 38.2 Å². The van der Waals surface area contributed by atoms with Gasteiger partial charge in [0, 0.05) is 41.8 Å². The van der Waals surface area contributed by atoms with E-state index in [1.807, 2.05) is 42.3 Å². The number of benzene rings is 2. The zero-order chi connectivity index (χ0) is 15.4. The minimum absolute atomic E-state index is 0.799. The highest BCUT2D eigenvalue weighted by molar-refractivity contribution is 7.97. The molecule has 1 saturated heterocycles. The van der Waals surface area contributed by atoms with Crippen LogP contribution in [0.4, 0.5) is 5.69 Å². The van der Waals surface area contributed by atoms with Gasteiger partial charge in [-0.1, -0.05) is 17.7 Å². The molecule has 0 spiro atoms. The number of halogens is 1. The van der Waals surface area contributed by atoms with E-state index in [0.717, 1.165) is 37.0 Å². The fourth-order valence-electron chi connectivity index (χ4n) is 2.50. The van der Waals surface area contributed by atoms with E-state index < -0.39 is 0 Å². The van der Waals surface area contributed by atoms with Crippen LogP contribution in [0.3, 0.4) is 0 Å². The van der Waals surface area contributed by atoms with E-state index in [9.17, 15) is 0 Å². The summed E-state index contributed by atoms with van der Waals surface area (Å²) in [5.74, 6) is 0.898. The molecule has 22 heavy (non-hydrogen) atoms. The number of rotatable bonds is 4. The van der Waals surface area contributed by atoms with E-state index in [1.165, 1.54) is 10.6 Å². The molecular weight excluding hydrogens is 316 g/mol. The second kappa shape index (κ2) is 7.27. The minimum Gasteiger partial charge on any atom is -0.497 e. The van der Waals surface area contributed by atoms with Gasteiger partial charge in [-0.25, -0.2) is 4.31 Å². The molecule has 1 heterocycles. The Morgan fingerprint density at radius 3 is 2.36 bits per heavy atom. The van der Waals surface area contributed by atoms with Crippen LogP contribution in [0.1, 0.15) is 0 Å². The molecule has 0 amide bonds. The van der Waals surface area contributed by atoms with E-state index in [1.54, 1.807) is 7.11 Å². The maximum atomic E-state index is 6.07. The standard InChI is InChI=1S/C17H19ClN2OS/c1-21-16-5-7-17(8-6-16)22-20-11-9-19(10-12-20)15-4-2-3-14(18)13-15/h2-8,13H,9-12H2,1H3. The topological polar surface area (TPSA) is 15.7 Å². The first kappa shape index (κ1) is 15.5. The summed E-state index contributed by atoms with van der Waals surface area (Å²) in [7, 11) is 1.69. The highest BCUT2D eigenvalue weighted by Gasteiger charge is 2.18. The van der Waals surface area contributed by atoms with Gasteiger partial charge in [-0.05, 0) is 54.4 Å². The number of hydrogen-bond donors (Lipinski definition) is 0. The van der Waals surface area contributed by atoms with Crippen LogP contribution < -0.4 is 9.64 Å². The number of anilines is 1. The third-order valence-corrected chi connectivity index (χ3v) is 5.05. The largest absolute Gasteiger partial charge is 0.497 e. The van der Waals surface area contributed by atoms with Crippen molar-refractivity contribution >= 4 is 29.2 Å². The van der Waals surface area contributed by atoms with Crippen LogP contribution in [0.25, 0.3) is 0 Å². The molecule has 116 valence electrons. The van der Waals surface area contributed by atoms with Crippen LogP contribution in [0.5, 0.6) is 5.75 Å². The lowest BCUT2D eigenvalue weighted by atomic mass is 10.2. The fraction of sp³-hybridized carbons (Fsp3) is 0.294. The van der Waals surface area contributed by atoms with Gasteiger partial charge in [0.1, 0.15) is 5.75 Å². The minimum atomic E-state index is 0.799. The number of piperazine rings is 1. The van der Waals surface area contributed by atoms with E-state index in [0.29, 0.717) is 0 Å². The highest BCUT2D eigenvalue weighted by atomic mass is 35.5. The van der Waals surface area contributed by atoms with E-state index in [4.69, 9.17) is 16.3 Å². The summed E-state index contributed by atoms with van der Waals surface area (Å²) in [6, 6.07) is 16.3. The molecule has 0 saturated carbocycles. The van der Waals surface area contributed by atoms with E-state index in [-0.39, 0.29) is 0 Å². The summed E-state index contributed by atoms with van der Waals surface area (Å²) in [4.78, 5) is 3.63. The van der Waals surface area contributed by atoms with Crippen molar-refractivity contribution in [3.05, 3.63) is 53.6 Å². The fourth-order valence-corrected chi connectivity index (χ4v) is 3.58. The Hall–Kier alpha value is -1.36. The van der Waals surface area contributed by atoms with Crippen molar-refractivity contribution in [1.29, 1.82) is 0 Å². The monoisotopic (exact) mass is 334 g/mol. The predicted octanol–water partition coefficient (Wildman–Crippen LogP) is 4.18. The molecule has 3 rings (SSSR count). The van der Waals surface area contributed by atoms with Gasteiger partial charge >= 0.3 is 0 Å². The average Bonchev–Trinajstić information content (AvgIpc) is 2.56. The zero-order valence-corrected chi connectivity index (χ0v) is 14.1. The Morgan fingerprint density at radius 1 is 1.00 bits per heavy atom. The Bertz CT molecular complexity index is 612. The third-order valence-electron chi connectivity index (χ3n) is 3.71. The normalized spacial score (nSPS) is 15.8. The number of methoxy groups -OCH3 is 1. The zero-order valence-electron chi connectivity index (χ0n) is 12.5. The van der Waals surface area contributed by atoms with Crippen LogP contribution in [0.2, 0.25) is 5.02 Å². The summed E-state index contributed by atoms with van der Waals surface area (Å²) in [5, 5.41) is 0.799. The van der Waals surface area contributed by atoms with Gasteiger partial charge in [-0.3, -0.25) is 0 Å². The first-order valence-electron chi connectivity index (χ1n) is 7.32. The summed E-state index contributed by atoms with van der Waals surface area (Å²) in [6.45, 7) is 4.10. The summed E-state index contributed by atoms with van der Waals surface area (Å²) in [6.07, 6.45) is 0. The molecule has 0 unspecified atom stereocenters. The average molecular weight is 335 g/mol. The molecular formula is C17H19ClN2OS. The van der Waals surface area contributed by atoms with Gasteiger partial charge in [0.05, 0.1) is 7.11 Å². The molecule has 1 aliphatic rings. The molecule has 3 nitrogen and oxygen atoms in total. The third kappa shape index (κ3) is 3.88. The highest BCUT2D eigenvalue weighted by Crippen LogP contribution is 2.27. The van der Waals surface area contributed by atoms with Crippen LogP contribution in [-0.2, 0) is 0 Å². The summed E-state index contributed by atoms with van der Waals surface area (Å²) < 4.78 is 7.60. The van der Waals surface area contributed by atoms with Crippen molar-refractivity contribution in [1.82, 2.24) is 4.31 Å². The van der Waals surface area contributed by atoms with Gasteiger partial charge in [-0.2, -0.15) is 0 Å². The van der Waals surface area contributed by atoms with Crippen LogP contribution in [0.15, 0.2) is 53.4 Å². The Morgan fingerprint density at radius 2 is 1.73 bits per heavy atom. The van der Waals surface area contributed by atoms with Gasteiger partial charge < -0.3 is 9.64 Å². The Balaban J connectivity index is 1.55. The number of ether oxygens (including phenoxy) is 1. The Kier molecular flexibility index (Phi) is 5.13. The maximum Gasteiger partial charge on any atom is 0.118 e. The summed E-state index contributed by atoms with van der Waals surface area (Å²) in [5.41, 5.74) is 1.21. The molecule has 2 aromatic carbocycles. The predicted molar refractivity (Wildman–Crippen MR) is 94.1 cm³/mol. The smallest absolute Gasteiger partial charge is 0.118 e. The van der Waals surface area contributed by atoms with Crippen molar-refractivity contribution in [2.45, 2.75) is 4.90 Å². The molecule has 5 heteroatoms. The van der Waals surface area contributed by atoms with Gasteiger partial charge in [0.2, 0.25) is 0 Å². The lowest BCUT2D eigenvalue weighted by Crippen LogP contribution is -2.43. The van der Waals surface area contributed by atoms with Crippen molar-refractivity contribution in [2.24, 2.45) is 0 Å². The van der Waals surface area contributed by atoms with E-state index in [2.05, 4.69) is 27.4 Å². The van der Waals surface area contributed by atoms with E-state index >= 15 is 0 Å². The molecule has 1 fully saturated rings. The van der Waals surface area contributed by atoms with Gasteiger partial charge in [0.15, 0.2) is 0 Å². The maximum absolute atomic E-state index is 6.07. The quantitative estimate of drug-likeness (QED) is 0.779. The molecule has 1 aliphatic heterocycles. The first-order valence-corrected chi connectivity index (χ1v) is 8.47. The second-order valence-electron chi connectivity index (χ2n) is 5.16. The molecule has 0 bridgehead atoms. The molecule has 0 aromatic heterocycles. The molecule has 0 aliphatic carbocycles. The van der Waals surface area contributed by atoms with Crippen LogP contribution in [0, 0.1) is 0 Å². The molecule has 2 aromatic rings. The molecule has 0 N–H and O–H groups in total. The van der Waals surface area contributed by atoms with Crippen LogP contribution in [-0.4, -0.2) is 37.6 Å². The Labute approximate surface area is 141 Å². The van der Waals surface area contributed by atoms with Crippen LogP contribution >= 0.6 is 23.5 Å².